The number of fused-ring (bicyclic) bond motifs is 1. The summed E-state index contributed by atoms with van der Waals surface area (Å²) in [5.41, 5.74) is 6.99. The number of benzene rings is 1. The molecule has 1 aromatic heterocycles. The van der Waals surface area contributed by atoms with Crippen LogP contribution in [0.4, 0.5) is 5.82 Å². The van der Waals surface area contributed by atoms with Gasteiger partial charge in [-0.1, -0.05) is 12.1 Å². The van der Waals surface area contributed by atoms with Gasteiger partial charge in [-0.2, -0.15) is 0 Å². The molecule has 1 aliphatic rings. The first-order valence-electron chi connectivity index (χ1n) is 8.14. The van der Waals surface area contributed by atoms with Crippen molar-refractivity contribution in [3.8, 4) is 0 Å². The SMILES string of the molecule is COCCN1CCN(Cc2nc(N)c3ccccc3n2)CC1C. The Bertz CT molecular complexity index is 662. The van der Waals surface area contributed by atoms with E-state index >= 15 is 0 Å². The van der Waals surface area contributed by atoms with Gasteiger partial charge in [0.15, 0.2) is 0 Å². The van der Waals surface area contributed by atoms with Gasteiger partial charge in [0.1, 0.15) is 11.6 Å². The molecule has 0 aliphatic carbocycles. The zero-order valence-corrected chi connectivity index (χ0v) is 13.9. The molecule has 3 rings (SSSR count). The second kappa shape index (κ2) is 7.21. The Balaban J connectivity index is 1.66. The highest BCUT2D eigenvalue weighted by Crippen LogP contribution is 2.18. The molecule has 1 unspecified atom stereocenters. The fourth-order valence-corrected chi connectivity index (χ4v) is 3.18. The summed E-state index contributed by atoms with van der Waals surface area (Å²) in [6.07, 6.45) is 0. The normalized spacial score (nSPS) is 20.2. The molecule has 2 heterocycles. The van der Waals surface area contributed by atoms with Gasteiger partial charge in [0.2, 0.25) is 0 Å². The van der Waals surface area contributed by atoms with E-state index < -0.39 is 0 Å². The van der Waals surface area contributed by atoms with Gasteiger partial charge < -0.3 is 10.5 Å². The van der Waals surface area contributed by atoms with E-state index in [2.05, 4.69) is 26.7 Å². The lowest BCUT2D eigenvalue weighted by molar-refractivity contribution is 0.0547. The minimum atomic E-state index is 0.511. The highest BCUT2D eigenvalue weighted by atomic mass is 16.5. The molecule has 1 aromatic carbocycles. The molecule has 2 aromatic rings. The molecule has 0 amide bonds. The summed E-state index contributed by atoms with van der Waals surface area (Å²) in [6.45, 7) is 7.87. The van der Waals surface area contributed by atoms with Crippen LogP contribution in [-0.4, -0.2) is 65.7 Å². The standard InChI is InChI=1S/C17H25N5O/c1-13-11-21(7-8-22(13)9-10-23-2)12-16-19-15-6-4-3-5-14(15)17(18)20-16/h3-6,13H,7-12H2,1-2H3,(H2,18,19,20). The van der Waals surface area contributed by atoms with E-state index in [1.165, 1.54) is 0 Å². The van der Waals surface area contributed by atoms with E-state index in [4.69, 9.17) is 10.5 Å². The maximum atomic E-state index is 6.07. The average molecular weight is 315 g/mol. The van der Waals surface area contributed by atoms with E-state index in [1.54, 1.807) is 7.11 Å². The number of nitrogen functional groups attached to an aromatic ring is 1. The molecule has 6 nitrogen and oxygen atoms in total. The van der Waals surface area contributed by atoms with Crippen LogP contribution in [0.2, 0.25) is 0 Å². The van der Waals surface area contributed by atoms with Crippen molar-refractivity contribution in [2.75, 3.05) is 45.6 Å². The van der Waals surface area contributed by atoms with Crippen LogP contribution in [0.15, 0.2) is 24.3 Å². The summed E-state index contributed by atoms with van der Waals surface area (Å²) in [5, 5.41) is 0.925. The van der Waals surface area contributed by atoms with Crippen LogP contribution in [-0.2, 0) is 11.3 Å². The van der Waals surface area contributed by atoms with Crippen molar-refractivity contribution >= 4 is 16.7 Å². The van der Waals surface area contributed by atoms with Crippen molar-refractivity contribution in [1.82, 2.24) is 19.8 Å². The van der Waals surface area contributed by atoms with Crippen LogP contribution < -0.4 is 5.73 Å². The molecule has 1 saturated heterocycles. The number of hydrogen-bond acceptors (Lipinski definition) is 6. The first kappa shape index (κ1) is 16.1. The monoisotopic (exact) mass is 315 g/mol. The van der Waals surface area contributed by atoms with Crippen LogP contribution in [0.25, 0.3) is 10.9 Å². The molecule has 0 radical (unpaired) electrons. The zero-order chi connectivity index (χ0) is 16.2. The zero-order valence-electron chi connectivity index (χ0n) is 13.9. The average Bonchev–Trinajstić information content (AvgIpc) is 2.54. The summed E-state index contributed by atoms with van der Waals surface area (Å²) in [6, 6.07) is 8.40. The topological polar surface area (TPSA) is 67.5 Å². The van der Waals surface area contributed by atoms with Gasteiger partial charge in [0.05, 0.1) is 18.7 Å². The number of piperazine rings is 1. The molecule has 1 atom stereocenters. The second-order valence-electron chi connectivity index (χ2n) is 6.16. The highest BCUT2D eigenvalue weighted by molar-refractivity contribution is 5.87. The number of anilines is 1. The highest BCUT2D eigenvalue weighted by Gasteiger charge is 2.24. The first-order chi connectivity index (χ1) is 11.2. The van der Waals surface area contributed by atoms with Crippen molar-refractivity contribution in [2.45, 2.75) is 19.5 Å². The van der Waals surface area contributed by atoms with Gasteiger partial charge in [0, 0.05) is 44.7 Å². The Morgan fingerprint density at radius 3 is 2.87 bits per heavy atom. The number of nitrogens with two attached hydrogens (primary N) is 1. The number of rotatable bonds is 5. The third kappa shape index (κ3) is 3.77. The van der Waals surface area contributed by atoms with Crippen LogP contribution >= 0.6 is 0 Å². The number of nitrogens with zero attached hydrogens (tertiary/aromatic N) is 4. The van der Waals surface area contributed by atoms with Gasteiger partial charge >= 0.3 is 0 Å². The molecule has 124 valence electrons. The number of methoxy groups -OCH3 is 1. The van der Waals surface area contributed by atoms with Crippen LogP contribution in [0, 0.1) is 0 Å². The predicted octanol–water partition coefficient (Wildman–Crippen LogP) is 1.36. The number of ether oxygens (including phenoxy) is 1. The van der Waals surface area contributed by atoms with E-state index in [0.717, 1.165) is 56.1 Å². The fourth-order valence-electron chi connectivity index (χ4n) is 3.18. The number of para-hydroxylation sites is 1. The third-order valence-corrected chi connectivity index (χ3v) is 4.48. The Labute approximate surface area is 137 Å². The minimum Gasteiger partial charge on any atom is -0.383 e. The van der Waals surface area contributed by atoms with Gasteiger partial charge in [-0.05, 0) is 19.1 Å². The molecule has 23 heavy (non-hydrogen) atoms. The van der Waals surface area contributed by atoms with Crippen molar-refractivity contribution in [2.24, 2.45) is 0 Å². The lowest BCUT2D eigenvalue weighted by Gasteiger charge is -2.39. The minimum absolute atomic E-state index is 0.511. The quantitative estimate of drug-likeness (QED) is 0.899. The van der Waals surface area contributed by atoms with Crippen LogP contribution in [0.3, 0.4) is 0 Å². The van der Waals surface area contributed by atoms with Crippen molar-refractivity contribution in [1.29, 1.82) is 0 Å². The van der Waals surface area contributed by atoms with E-state index in [0.29, 0.717) is 11.9 Å². The third-order valence-electron chi connectivity index (χ3n) is 4.48. The van der Waals surface area contributed by atoms with E-state index in [9.17, 15) is 0 Å². The largest absolute Gasteiger partial charge is 0.383 e. The molecule has 0 bridgehead atoms. The van der Waals surface area contributed by atoms with Crippen molar-refractivity contribution in [3.63, 3.8) is 0 Å². The Kier molecular flexibility index (Phi) is 5.05. The molecular weight excluding hydrogens is 290 g/mol. The fraction of sp³-hybridized carbons (Fsp3) is 0.529. The molecule has 6 heteroatoms. The lowest BCUT2D eigenvalue weighted by atomic mass is 10.2. The van der Waals surface area contributed by atoms with Crippen molar-refractivity contribution in [3.05, 3.63) is 30.1 Å². The smallest absolute Gasteiger partial charge is 0.145 e. The Morgan fingerprint density at radius 1 is 1.26 bits per heavy atom. The Hall–Kier alpha value is -1.76. The summed E-state index contributed by atoms with van der Waals surface area (Å²) < 4.78 is 5.18. The molecule has 1 fully saturated rings. The molecule has 2 N–H and O–H groups in total. The second-order valence-corrected chi connectivity index (χ2v) is 6.16. The summed E-state index contributed by atoms with van der Waals surface area (Å²) in [7, 11) is 1.75. The molecule has 0 spiro atoms. The molecule has 1 aliphatic heterocycles. The van der Waals surface area contributed by atoms with Crippen molar-refractivity contribution < 1.29 is 4.74 Å². The van der Waals surface area contributed by atoms with Gasteiger partial charge in [-0.25, -0.2) is 9.97 Å². The summed E-state index contributed by atoms with van der Waals surface area (Å²) in [5.74, 6) is 1.37. The lowest BCUT2D eigenvalue weighted by Crippen LogP contribution is -2.52. The van der Waals surface area contributed by atoms with Gasteiger partial charge in [0.25, 0.3) is 0 Å². The predicted molar refractivity (Wildman–Crippen MR) is 92.1 cm³/mol. The number of hydrogen-bond donors (Lipinski definition) is 1. The Morgan fingerprint density at radius 2 is 2.09 bits per heavy atom. The van der Waals surface area contributed by atoms with Crippen LogP contribution in [0.1, 0.15) is 12.7 Å². The maximum absolute atomic E-state index is 6.07. The summed E-state index contributed by atoms with van der Waals surface area (Å²) in [4.78, 5) is 14.0. The van der Waals surface area contributed by atoms with E-state index in [-0.39, 0.29) is 0 Å². The van der Waals surface area contributed by atoms with E-state index in [1.807, 2.05) is 24.3 Å². The van der Waals surface area contributed by atoms with Crippen LogP contribution in [0.5, 0.6) is 0 Å². The van der Waals surface area contributed by atoms with Gasteiger partial charge in [-0.3, -0.25) is 9.80 Å². The molecular formula is C17H25N5O. The van der Waals surface area contributed by atoms with Gasteiger partial charge in [-0.15, -0.1) is 0 Å². The first-order valence-corrected chi connectivity index (χ1v) is 8.14. The maximum Gasteiger partial charge on any atom is 0.145 e. The number of aromatic nitrogens is 2. The summed E-state index contributed by atoms with van der Waals surface area (Å²) >= 11 is 0. The molecule has 0 saturated carbocycles.